The Morgan fingerprint density at radius 3 is 2.56 bits per heavy atom. The Balaban J connectivity index is 2.22. The number of nitrogens with zero attached hydrogens (tertiary/aromatic N) is 1. The summed E-state index contributed by atoms with van der Waals surface area (Å²) in [5.74, 6) is -1.19. The molecule has 2 nitrogen and oxygen atoms in total. The van der Waals surface area contributed by atoms with Gasteiger partial charge in [0, 0.05) is 43.9 Å². The van der Waals surface area contributed by atoms with Crippen LogP contribution in [0, 0.1) is 11.6 Å². The predicted octanol–water partition coefficient (Wildman–Crippen LogP) is 2.27. The van der Waals surface area contributed by atoms with Gasteiger partial charge in [0.1, 0.15) is 11.6 Å². The molecule has 0 aliphatic carbocycles. The molecular formula is C13H17F3N2. The van der Waals surface area contributed by atoms with Gasteiger partial charge in [-0.05, 0) is 12.5 Å². The van der Waals surface area contributed by atoms with Gasteiger partial charge in [0.05, 0.1) is 6.67 Å². The van der Waals surface area contributed by atoms with Crippen LogP contribution in [-0.4, -0.2) is 37.8 Å². The van der Waals surface area contributed by atoms with Crippen molar-refractivity contribution < 1.29 is 13.2 Å². The third kappa shape index (κ3) is 3.03. The summed E-state index contributed by atoms with van der Waals surface area (Å²) in [6.07, 6.45) is 0.239. The van der Waals surface area contributed by atoms with Crippen LogP contribution in [-0.2, 0) is 0 Å². The molecule has 1 aliphatic rings. The molecule has 0 amide bonds. The lowest BCUT2D eigenvalue weighted by atomic mass is 10.0. The Hall–Kier alpha value is -1.07. The highest BCUT2D eigenvalue weighted by atomic mass is 19.1. The maximum Gasteiger partial charge on any atom is 0.130 e. The number of hydrogen-bond donors (Lipinski definition) is 1. The van der Waals surface area contributed by atoms with Gasteiger partial charge in [-0.15, -0.1) is 0 Å². The summed E-state index contributed by atoms with van der Waals surface area (Å²) in [5.41, 5.74) is 0.385. The first-order valence-corrected chi connectivity index (χ1v) is 6.18. The molecule has 0 aromatic heterocycles. The Bertz CT molecular complexity index is 392. The minimum Gasteiger partial charge on any atom is -0.314 e. The van der Waals surface area contributed by atoms with E-state index in [4.69, 9.17) is 0 Å². The van der Waals surface area contributed by atoms with Crippen LogP contribution in [0.25, 0.3) is 0 Å². The van der Waals surface area contributed by atoms with E-state index in [0.29, 0.717) is 5.56 Å². The number of hydrogen-bond acceptors (Lipinski definition) is 2. The average molecular weight is 258 g/mol. The number of piperazine rings is 1. The van der Waals surface area contributed by atoms with Crippen molar-refractivity contribution in [2.75, 3.05) is 32.9 Å². The fourth-order valence-corrected chi connectivity index (χ4v) is 2.40. The van der Waals surface area contributed by atoms with Crippen molar-refractivity contribution >= 4 is 0 Å². The Morgan fingerprint density at radius 1 is 1.22 bits per heavy atom. The molecule has 0 spiro atoms. The summed E-state index contributed by atoms with van der Waals surface area (Å²) in [7, 11) is 0. The maximum atomic E-state index is 13.8. The second-order valence-corrected chi connectivity index (χ2v) is 4.45. The number of halogens is 3. The van der Waals surface area contributed by atoms with Crippen molar-refractivity contribution in [3.8, 4) is 0 Å². The molecule has 0 unspecified atom stereocenters. The van der Waals surface area contributed by atoms with Gasteiger partial charge in [-0.2, -0.15) is 0 Å². The van der Waals surface area contributed by atoms with Crippen LogP contribution in [0.3, 0.4) is 0 Å². The fourth-order valence-electron chi connectivity index (χ4n) is 2.40. The average Bonchev–Trinajstić information content (AvgIpc) is 2.38. The van der Waals surface area contributed by atoms with E-state index in [1.165, 1.54) is 12.1 Å². The quantitative estimate of drug-likeness (QED) is 0.891. The summed E-state index contributed by atoms with van der Waals surface area (Å²) >= 11 is 0. The van der Waals surface area contributed by atoms with Gasteiger partial charge in [-0.25, -0.2) is 8.78 Å². The molecule has 1 fully saturated rings. The normalized spacial score (nSPS) is 18.8. The van der Waals surface area contributed by atoms with E-state index in [1.807, 2.05) is 4.90 Å². The molecule has 1 aromatic rings. The van der Waals surface area contributed by atoms with E-state index in [-0.39, 0.29) is 12.5 Å². The van der Waals surface area contributed by atoms with E-state index in [1.54, 1.807) is 0 Å². The zero-order valence-electron chi connectivity index (χ0n) is 10.1. The molecule has 2 rings (SSSR count). The van der Waals surface area contributed by atoms with Crippen molar-refractivity contribution in [3.05, 3.63) is 35.4 Å². The van der Waals surface area contributed by atoms with Gasteiger partial charge in [-0.1, -0.05) is 6.07 Å². The highest BCUT2D eigenvalue weighted by Gasteiger charge is 2.24. The first kappa shape index (κ1) is 13.4. The van der Waals surface area contributed by atoms with E-state index < -0.39 is 18.3 Å². The summed E-state index contributed by atoms with van der Waals surface area (Å²) < 4.78 is 39.3. The Morgan fingerprint density at radius 2 is 1.94 bits per heavy atom. The van der Waals surface area contributed by atoms with Crippen LogP contribution in [0.15, 0.2) is 18.2 Å². The van der Waals surface area contributed by atoms with E-state index in [2.05, 4.69) is 5.32 Å². The molecule has 1 atom stereocenters. The molecule has 1 aromatic carbocycles. The lowest BCUT2D eigenvalue weighted by molar-refractivity contribution is 0.154. The second kappa shape index (κ2) is 6.20. The van der Waals surface area contributed by atoms with Crippen molar-refractivity contribution in [1.29, 1.82) is 0 Å². The minimum atomic E-state index is -0.601. The number of rotatable bonds is 4. The predicted molar refractivity (Wildman–Crippen MR) is 64.1 cm³/mol. The molecule has 0 radical (unpaired) electrons. The van der Waals surface area contributed by atoms with Gasteiger partial charge < -0.3 is 5.32 Å². The van der Waals surface area contributed by atoms with Crippen molar-refractivity contribution in [2.24, 2.45) is 0 Å². The molecular weight excluding hydrogens is 241 g/mol. The topological polar surface area (TPSA) is 15.3 Å². The van der Waals surface area contributed by atoms with Gasteiger partial charge in [0.15, 0.2) is 0 Å². The summed E-state index contributed by atoms with van der Waals surface area (Å²) in [6, 6.07) is 3.21. The minimum absolute atomic E-state index is 0.239. The van der Waals surface area contributed by atoms with Gasteiger partial charge in [0.2, 0.25) is 0 Å². The first-order chi connectivity index (χ1) is 8.72. The van der Waals surface area contributed by atoms with Crippen molar-refractivity contribution in [1.82, 2.24) is 10.2 Å². The largest absolute Gasteiger partial charge is 0.314 e. The number of alkyl halides is 1. The van der Waals surface area contributed by atoms with Gasteiger partial charge in [0.25, 0.3) is 0 Å². The van der Waals surface area contributed by atoms with Crippen LogP contribution in [0.2, 0.25) is 0 Å². The summed E-state index contributed by atoms with van der Waals surface area (Å²) in [5, 5.41) is 3.20. The molecule has 1 aliphatic heterocycles. The summed E-state index contributed by atoms with van der Waals surface area (Å²) in [6.45, 7) is 2.62. The van der Waals surface area contributed by atoms with E-state index >= 15 is 0 Å². The van der Waals surface area contributed by atoms with Crippen molar-refractivity contribution in [3.63, 3.8) is 0 Å². The molecule has 5 heteroatoms. The number of nitrogens with one attached hydrogen (secondary N) is 1. The zero-order valence-corrected chi connectivity index (χ0v) is 10.1. The molecule has 1 heterocycles. The first-order valence-electron chi connectivity index (χ1n) is 6.18. The molecule has 18 heavy (non-hydrogen) atoms. The van der Waals surface area contributed by atoms with Gasteiger partial charge >= 0.3 is 0 Å². The van der Waals surface area contributed by atoms with Crippen LogP contribution in [0.1, 0.15) is 18.0 Å². The molecule has 100 valence electrons. The third-order valence-electron chi connectivity index (χ3n) is 3.30. The fraction of sp³-hybridized carbons (Fsp3) is 0.538. The maximum absolute atomic E-state index is 13.8. The Labute approximate surface area is 105 Å². The lowest BCUT2D eigenvalue weighted by Gasteiger charge is -2.35. The second-order valence-electron chi connectivity index (χ2n) is 4.45. The highest BCUT2D eigenvalue weighted by Crippen LogP contribution is 2.27. The summed E-state index contributed by atoms with van der Waals surface area (Å²) in [4.78, 5) is 2.05. The molecule has 1 N–H and O–H groups in total. The smallest absolute Gasteiger partial charge is 0.130 e. The lowest BCUT2D eigenvalue weighted by Crippen LogP contribution is -2.45. The molecule has 0 saturated carbocycles. The van der Waals surface area contributed by atoms with Crippen LogP contribution < -0.4 is 5.32 Å². The monoisotopic (exact) mass is 258 g/mol. The van der Waals surface area contributed by atoms with Crippen molar-refractivity contribution in [2.45, 2.75) is 12.5 Å². The Kier molecular flexibility index (Phi) is 4.60. The van der Waals surface area contributed by atoms with Crippen LogP contribution in [0.5, 0.6) is 0 Å². The highest BCUT2D eigenvalue weighted by molar-refractivity contribution is 5.22. The van der Waals surface area contributed by atoms with E-state index in [9.17, 15) is 13.2 Å². The van der Waals surface area contributed by atoms with Crippen LogP contribution >= 0.6 is 0 Å². The van der Waals surface area contributed by atoms with Crippen LogP contribution in [0.4, 0.5) is 13.2 Å². The third-order valence-corrected chi connectivity index (χ3v) is 3.30. The number of benzene rings is 1. The van der Waals surface area contributed by atoms with Gasteiger partial charge in [-0.3, -0.25) is 9.29 Å². The molecule has 0 bridgehead atoms. The molecule has 1 saturated heterocycles. The zero-order chi connectivity index (χ0) is 13.0. The standard InChI is InChI=1S/C13H17F3N2/c14-4-3-13(18-7-5-17-6-8-18)11-2-1-10(15)9-12(11)16/h1-2,9,13,17H,3-8H2/t13-/m1/s1. The SMILES string of the molecule is FCC[C@H](c1ccc(F)cc1F)N1CCNCC1. The van der Waals surface area contributed by atoms with E-state index in [0.717, 1.165) is 32.2 Å².